The summed E-state index contributed by atoms with van der Waals surface area (Å²) in [6.07, 6.45) is 0.750. The highest BCUT2D eigenvalue weighted by atomic mass is 32.1. The Morgan fingerprint density at radius 2 is 1.88 bits per heavy atom. The zero-order chi connectivity index (χ0) is 23.8. The number of nitrogens with one attached hydrogen (secondary N) is 1. The minimum atomic E-state index is -4.65. The summed E-state index contributed by atoms with van der Waals surface area (Å²) in [5.41, 5.74) is 1.86. The van der Waals surface area contributed by atoms with Crippen molar-refractivity contribution in [2.75, 3.05) is 6.67 Å². The molecule has 0 fully saturated rings. The molecule has 7 nitrogen and oxygen atoms in total. The van der Waals surface area contributed by atoms with Gasteiger partial charge in [-0.1, -0.05) is 0 Å². The lowest BCUT2D eigenvalue weighted by Gasteiger charge is -2.15. The van der Waals surface area contributed by atoms with Crippen molar-refractivity contribution in [3.8, 4) is 10.6 Å². The summed E-state index contributed by atoms with van der Waals surface area (Å²) >= 11 is 1.45. The molecule has 4 rings (SSSR count). The number of carbonyl (C=O) groups excluding carboxylic acids is 1. The number of hydrogen-bond acceptors (Lipinski definition) is 6. The first kappa shape index (κ1) is 22.8. The van der Waals surface area contributed by atoms with Crippen molar-refractivity contribution in [2.45, 2.75) is 32.6 Å². The maximum atomic E-state index is 13.0. The monoisotopic (exact) mass is 478 g/mol. The zero-order valence-corrected chi connectivity index (χ0v) is 18.3. The molecule has 0 bridgehead atoms. The van der Waals surface area contributed by atoms with E-state index < -0.39 is 30.6 Å². The molecule has 0 aliphatic carbocycles. The number of carbonyl (C=O) groups is 1. The number of rotatable bonds is 6. The molecule has 1 amide bonds. The third-order valence-corrected chi connectivity index (χ3v) is 5.89. The molecule has 12 heteroatoms. The largest absolute Gasteiger partial charge is 0.451 e. The van der Waals surface area contributed by atoms with Crippen LogP contribution in [0.15, 0.2) is 36.9 Å². The minimum absolute atomic E-state index is 0.0319. The van der Waals surface area contributed by atoms with Crippen LogP contribution in [0, 0.1) is 6.92 Å². The van der Waals surface area contributed by atoms with Crippen LogP contribution in [0.1, 0.15) is 39.6 Å². The van der Waals surface area contributed by atoms with Gasteiger partial charge in [-0.2, -0.15) is 18.3 Å². The van der Waals surface area contributed by atoms with Crippen molar-refractivity contribution in [3.63, 3.8) is 0 Å². The second kappa shape index (κ2) is 8.85. The Morgan fingerprint density at radius 1 is 1.15 bits per heavy atom. The van der Waals surface area contributed by atoms with Gasteiger partial charge in [0.05, 0.1) is 24.3 Å². The van der Waals surface area contributed by atoms with Gasteiger partial charge < -0.3 is 5.32 Å². The number of amides is 1. The van der Waals surface area contributed by atoms with Crippen LogP contribution in [0.25, 0.3) is 21.5 Å². The normalized spacial score (nSPS) is 12.8. The van der Waals surface area contributed by atoms with E-state index in [1.54, 1.807) is 31.5 Å². The summed E-state index contributed by atoms with van der Waals surface area (Å²) in [7, 11) is 0. The van der Waals surface area contributed by atoms with Crippen LogP contribution in [0.5, 0.6) is 0 Å². The van der Waals surface area contributed by atoms with E-state index in [4.69, 9.17) is 0 Å². The smallest absolute Gasteiger partial charge is 0.345 e. The highest BCUT2D eigenvalue weighted by Gasteiger charge is 2.34. The highest BCUT2D eigenvalue weighted by Crippen LogP contribution is 2.33. The number of nitrogens with zero attached hydrogens (tertiary/aromatic N) is 5. The average molecular weight is 478 g/mol. The Balaban J connectivity index is 1.66. The summed E-state index contributed by atoms with van der Waals surface area (Å²) in [6.45, 7) is 2.93. The average Bonchev–Trinajstić information content (AvgIpc) is 3.39. The van der Waals surface area contributed by atoms with E-state index in [2.05, 4.69) is 25.4 Å². The van der Waals surface area contributed by atoms with Crippen LogP contribution in [0.3, 0.4) is 0 Å². The third kappa shape index (κ3) is 4.70. The predicted molar refractivity (Wildman–Crippen MR) is 114 cm³/mol. The van der Waals surface area contributed by atoms with Crippen molar-refractivity contribution in [2.24, 2.45) is 0 Å². The topological polar surface area (TPSA) is 85.6 Å². The third-order valence-electron chi connectivity index (χ3n) is 4.95. The predicted octanol–water partition coefficient (Wildman–Crippen LogP) is 4.74. The maximum Gasteiger partial charge on any atom is 0.451 e. The Labute approximate surface area is 189 Å². The second-order valence-corrected chi connectivity index (χ2v) is 8.56. The Hall–Kier alpha value is -3.41. The first-order valence-corrected chi connectivity index (χ1v) is 10.7. The van der Waals surface area contributed by atoms with Gasteiger partial charge in [-0.05, 0) is 26.0 Å². The van der Waals surface area contributed by atoms with Crippen LogP contribution < -0.4 is 5.32 Å². The maximum absolute atomic E-state index is 13.0. The number of thiazole rings is 1. The molecule has 0 aliphatic rings. The minimum Gasteiger partial charge on any atom is -0.345 e. The molecule has 4 aromatic rings. The number of alkyl halides is 4. The van der Waals surface area contributed by atoms with Gasteiger partial charge in [0.15, 0.2) is 0 Å². The number of benzene rings is 1. The number of aromatic nitrogens is 5. The molecule has 1 aromatic carbocycles. The quantitative estimate of drug-likeness (QED) is 0.405. The molecule has 3 aromatic heterocycles. The molecule has 3 heterocycles. The first-order chi connectivity index (χ1) is 15.7. The molecule has 1 N–H and O–H groups in total. The van der Waals surface area contributed by atoms with Crippen molar-refractivity contribution >= 4 is 28.1 Å². The van der Waals surface area contributed by atoms with E-state index in [0.29, 0.717) is 21.7 Å². The molecule has 0 spiro atoms. The number of hydrogen-bond donors (Lipinski definition) is 1. The van der Waals surface area contributed by atoms with Crippen molar-refractivity contribution < 1.29 is 22.4 Å². The van der Waals surface area contributed by atoms with Gasteiger partial charge in [0.2, 0.25) is 5.82 Å². The number of halogens is 4. The van der Waals surface area contributed by atoms with Crippen molar-refractivity contribution in [1.29, 1.82) is 0 Å². The Morgan fingerprint density at radius 3 is 2.48 bits per heavy atom. The van der Waals surface area contributed by atoms with Gasteiger partial charge in [0.1, 0.15) is 11.7 Å². The van der Waals surface area contributed by atoms with Crippen molar-refractivity contribution in [1.82, 2.24) is 30.0 Å². The molecule has 0 aliphatic heterocycles. The van der Waals surface area contributed by atoms with E-state index in [1.807, 2.05) is 6.92 Å². The SMILES string of the molecule is Cc1cnc(-c2cc(C(=O)NC(C)c3cnc(C(F)(F)F)nc3)cc3c2cnn3CCF)s1. The highest BCUT2D eigenvalue weighted by molar-refractivity contribution is 7.15. The fourth-order valence-electron chi connectivity index (χ4n) is 3.29. The standard InChI is InChI=1S/C21H18F4N6OS/c1-11-7-26-19(33-11)15-5-13(6-17-16(15)10-29-31(17)4-3-22)18(32)30-12(2)14-8-27-20(28-9-14)21(23,24)25/h5-10,12H,3-4H2,1-2H3,(H,30,32). The fraction of sp³-hybridized carbons (Fsp3) is 0.286. The molecule has 33 heavy (non-hydrogen) atoms. The van der Waals surface area contributed by atoms with Crippen molar-refractivity contribution in [3.05, 3.63) is 58.7 Å². The lowest BCUT2D eigenvalue weighted by atomic mass is 10.0. The van der Waals surface area contributed by atoms with Gasteiger partial charge in [0, 0.05) is 45.5 Å². The summed E-state index contributed by atoms with van der Waals surface area (Å²) in [4.78, 5) is 25.1. The summed E-state index contributed by atoms with van der Waals surface area (Å²) in [5, 5.41) is 8.40. The van der Waals surface area contributed by atoms with Crippen LogP contribution in [-0.2, 0) is 12.7 Å². The van der Waals surface area contributed by atoms with Crippen LogP contribution in [0.2, 0.25) is 0 Å². The summed E-state index contributed by atoms with van der Waals surface area (Å²) < 4.78 is 52.5. The zero-order valence-electron chi connectivity index (χ0n) is 17.5. The van der Waals surface area contributed by atoms with E-state index in [9.17, 15) is 22.4 Å². The van der Waals surface area contributed by atoms with E-state index in [1.165, 1.54) is 16.0 Å². The molecule has 172 valence electrons. The molecule has 1 unspecified atom stereocenters. The number of fused-ring (bicyclic) bond motifs is 1. The van der Waals surface area contributed by atoms with Crippen LogP contribution >= 0.6 is 11.3 Å². The molecule has 0 saturated heterocycles. The second-order valence-electron chi connectivity index (χ2n) is 7.32. The molecule has 1 atom stereocenters. The van der Waals surface area contributed by atoms with Crippen LogP contribution in [0.4, 0.5) is 17.6 Å². The van der Waals surface area contributed by atoms with Gasteiger partial charge in [-0.15, -0.1) is 11.3 Å². The van der Waals surface area contributed by atoms with Gasteiger partial charge in [-0.3, -0.25) is 9.48 Å². The number of aryl methyl sites for hydroxylation is 2. The lowest BCUT2D eigenvalue weighted by Crippen LogP contribution is -2.27. The van der Waals surface area contributed by atoms with Gasteiger partial charge in [-0.25, -0.2) is 19.3 Å². The molecule has 0 radical (unpaired) electrons. The van der Waals surface area contributed by atoms with E-state index in [0.717, 1.165) is 22.7 Å². The first-order valence-electron chi connectivity index (χ1n) is 9.85. The van der Waals surface area contributed by atoms with E-state index in [-0.39, 0.29) is 12.1 Å². The molecular formula is C21H18F4N6OS. The van der Waals surface area contributed by atoms with E-state index >= 15 is 0 Å². The fourth-order valence-corrected chi connectivity index (χ4v) is 4.09. The summed E-state index contributed by atoms with van der Waals surface area (Å²) in [5.74, 6) is -1.72. The Kier molecular flexibility index (Phi) is 6.11. The molecule has 0 saturated carbocycles. The lowest BCUT2D eigenvalue weighted by molar-refractivity contribution is -0.145. The van der Waals surface area contributed by atoms with Crippen LogP contribution in [-0.4, -0.2) is 37.3 Å². The van der Waals surface area contributed by atoms with Gasteiger partial charge >= 0.3 is 6.18 Å². The summed E-state index contributed by atoms with van der Waals surface area (Å²) in [6, 6.07) is 2.62. The Bertz CT molecular complexity index is 1300. The van der Waals surface area contributed by atoms with Gasteiger partial charge in [0.25, 0.3) is 5.91 Å². The molecular weight excluding hydrogens is 460 g/mol.